The first-order chi connectivity index (χ1) is 10.3. The van der Waals surface area contributed by atoms with Crippen LogP contribution in [0.5, 0.6) is 5.75 Å². The Hall–Kier alpha value is -2.30. The summed E-state index contributed by atoms with van der Waals surface area (Å²) in [6.45, 7) is 2.40. The van der Waals surface area contributed by atoms with Gasteiger partial charge in [-0.25, -0.2) is 4.79 Å². The van der Waals surface area contributed by atoms with Crippen LogP contribution in [-0.2, 0) is 17.6 Å². The predicted molar refractivity (Wildman–Crippen MR) is 78.0 cm³/mol. The molecule has 0 amide bonds. The maximum Gasteiger partial charge on any atom is 0.379 e. The first-order valence-electron chi connectivity index (χ1n) is 7.26. The molecule has 2 aromatic rings. The highest BCUT2D eigenvalue weighted by atomic mass is 16.5. The zero-order valence-electron chi connectivity index (χ0n) is 11.6. The van der Waals surface area contributed by atoms with E-state index in [0.717, 1.165) is 49.7 Å². The molecule has 1 aromatic heterocycles. The normalized spacial score (nSPS) is 16.7. The van der Waals surface area contributed by atoms with Gasteiger partial charge in [-0.1, -0.05) is 0 Å². The molecule has 5 heteroatoms. The third-order valence-corrected chi connectivity index (χ3v) is 4.36. The molecule has 2 aliphatic heterocycles. The fraction of sp³-hybridized carbons (Fsp3) is 0.375. The van der Waals surface area contributed by atoms with E-state index in [0.29, 0.717) is 5.58 Å². The molecule has 2 aliphatic rings. The second kappa shape index (κ2) is 4.62. The Labute approximate surface area is 121 Å². The summed E-state index contributed by atoms with van der Waals surface area (Å²) in [7, 11) is 0. The topological polar surface area (TPSA) is 59.8 Å². The fourth-order valence-electron chi connectivity index (χ4n) is 3.56. The minimum absolute atomic E-state index is 0.0480. The van der Waals surface area contributed by atoms with Crippen LogP contribution in [0.15, 0.2) is 21.3 Å². The molecule has 4 rings (SSSR count). The van der Waals surface area contributed by atoms with Crippen LogP contribution in [0.3, 0.4) is 0 Å². The number of ether oxygens (including phenoxy) is 1. The number of anilines is 1. The summed E-state index contributed by atoms with van der Waals surface area (Å²) in [4.78, 5) is 24.8. The minimum atomic E-state index is -0.598. The molecule has 0 atom stereocenters. The molecule has 0 radical (unpaired) electrons. The molecule has 0 aliphatic carbocycles. The van der Waals surface area contributed by atoms with Crippen LogP contribution in [0.25, 0.3) is 11.0 Å². The van der Waals surface area contributed by atoms with Gasteiger partial charge in [0.15, 0.2) is 0 Å². The van der Waals surface area contributed by atoms with E-state index in [2.05, 4.69) is 11.0 Å². The average Bonchev–Trinajstić information content (AvgIpc) is 2.50. The van der Waals surface area contributed by atoms with E-state index in [4.69, 9.17) is 9.15 Å². The van der Waals surface area contributed by atoms with Crippen molar-refractivity contribution in [2.75, 3.05) is 18.0 Å². The summed E-state index contributed by atoms with van der Waals surface area (Å²) in [6.07, 6.45) is 4.18. The van der Waals surface area contributed by atoms with Gasteiger partial charge in [-0.05, 0) is 43.4 Å². The van der Waals surface area contributed by atoms with Crippen molar-refractivity contribution in [1.82, 2.24) is 0 Å². The molecule has 1 aromatic carbocycles. The number of benzene rings is 1. The molecule has 0 saturated heterocycles. The highest BCUT2D eigenvalue weighted by Crippen LogP contribution is 2.39. The SMILES string of the molecule is O=COc1cc2cc3c4c(c2oc1=O)CCCN4CCC3. The van der Waals surface area contributed by atoms with Gasteiger partial charge in [0.05, 0.1) is 0 Å². The second-order valence-corrected chi connectivity index (χ2v) is 5.59. The molecule has 5 nitrogen and oxygen atoms in total. The molecule has 0 N–H and O–H groups in total. The molecule has 0 bridgehead atoms. The Balaban J connectivity index is 2.03. The van der Waals surface area contributed by atoms with E-state index >= 15 is 0 Å². The maximum atomic E-state index is 11.9. The van der Waals surface area contributed by atoms with Crippen LogP contribution in [-0.4, -0.2) is 19.6 Å². The summed E-state index contributed by atoms with van der Waals surface area (Å²) < 4.78 is 10.1. The lowest BCUT2D eigenvalue weighted by molar-refractivity contribution is -0.120. The minimum Gasteiger partial charge on any atom is -0.421 e. The summed E-state index contributed by atoms with van der Waals surface area (Å²) in [5.41, 5.74) is 3.73. The number of carbonyl (C=O) groups is 1. The third-order valence-electron chi connectivity index (χ3n) is 4.36. The fourth-order valence-corrected chi connectivity index (χ4v) is 3.56. The quantitative estimate of drug-likeness (QED) is 0.624. The highest BCUT2D eigenvalue weighted by molar-refractivity contribution is 5.89. The Morgan fingerprint density at radius 2 is 2.00 bits per heavy atom. The summed E-state index contributed by atoms with van der Waals surface area (Å²) in [5, 5.41) is 0.837. The van der Waals surface area contributed by atoms with Gasteiger partial charge in [-0.2, -0.15) is 0 Å². The molecular formula is C16H15NO4. The smallest absolute Gasteiger partial charge is 0.379 e. The van der Waals surface area contributed by atoms with E-state index < -0.39 is 5.63 Å². The predicted octanol–water partition coefficient (Wildman–Crippen LogP) is 2.03. The van der Waals surface area contributed by atoms with Crippen molar-refractivity contribution in [3.63, 3.8) is 0 Å². The third kappa shape index (κ3) is 1.84. The molecule has 108 valence electrons. The van der Waals surface area contributed by atoms with Gasteiger partial charge in [0.25, 0.3) is 6.47 Å². The Morgan fingerprint density at radius 1 is 1.19 bits per heavy atom. The number of carbonyl (C=O) groups excluding carboxylic acids is 1. The monoisotopic (exact) mass is 285 g/mol. The molecule has 0 saturated carbocycles. The lowest BCUT2D eigenvalue weighted by Crippen LogP contribution is -2.34. The highest BCUT2D eigenvalue weighted by Gasteiger charge is 2.27. The number of rotatable bonds is 2. The lowest BCUT2D eigenvalue weighted by Gasteiger charge is -2.37. The van der Waals surface area contributed by atoms with Crippen LogP contribution < -0.4 is 15.3 Å². The largest absolute Gasteiger partial charge is 0.421 e. The van der Waals surface area contributed by atoms with E-state index in [1.165, 1.54) is 11.3 Å². The van der Waals surface area contributed by atoms with Crippen LogP contribution in [0.2, 0.25) is 0 Å². The van der Waals surface area contributed by atoms with Gasteiger partial charge in [0.1, 0.15) is 5.58 Å². The van der Waals surface area contributed by atoms with E-state index in [1.807, 2.05) is 0 Å². The van der Waals surface area contributed by atoms with Crippen molar-refractivity contribution in [3.8, 4) is 5.75 Å². The second-order valence-electron chi connectivity index (χ2n) is 5.59. The van der Waals surface area contributed by atoms with Gasteiger partial charge < -0.3 is 14.1 Å². The van der Waals surface area contributed by atoms with Crippen LogP contribution >= 0.6 is 0 Å². The van der Waals surface area contributed by atoms with Crippen molar-refractivity contribution < 1.29 is 13.9 Å². The van der Waals surface area contributed by atoms with Crippen molar-refractivity contribution in [1.29, 1.82) is 0 Å². The van der Waals surface area contributed by atoms with E-state index in [-0.39, 0.29) is 12.2 Å². The summed E-state index contributed by atoms with van der Waals surface area (Å²) in [5.74, 6) is -0.0480. The lowest BCUT2D eigenvalue weighted by atomic mass is 9.90. The number of aryl methyl sites for hydroxylation is 2. The van der Waals surface area contributed by atoms with Crippen molar-refractivity contribution in [3.05, 3.63) is 33.7 Å². The van der Waals surface area contributed by atoms with E-state index in [9.17, 15) is 9.59 Å². The van der Waals surface area contributed by atoms with E-state index in [1.54, 1.807) is 6.07 Å². The number of fused-ring (bicyclic) bond motifs is 2. The zero-order valence-corrected chi connectivity index (χ0v) is 11.6. The summed E-state index contributed by atoms with van der Waals surface area (Å²) in [6, 6.07) is 3.67. The Kier molecular flexibility index (Phi) is 2.74. The maximum absolute atomic E-state index is 11.9. The standard InChI is InChI=1S/C16H15NO4/c18-9-20-13-8-11-7-10-3-1-5-17-6-2-4-12(14(10)17)15(11)21-16(13)19/h7-9H,1-6H2. The van der Waals surface area contributed by atoms with Gasteiger partial charge in [0.2, 0.25) is 5.75 Å². The van der Waals surface area contributed by atoms with Gasteiger partial charge in [-0.15, -0.1) is 0 Å². The van der Waals surface area contributed by atoms with Crippen LogP contribution in [0, 0.1) is 0 Å². The molecule has 0 unspecified atom stereocenters. The number of hydrogen-bond acceptors (Lipinski definition) is 5. The van der Waals surface area contributed by atoms with Gasteiger partial charge >= 0.3 is 5.63 Å². The molecular weight excluding hydrogens is 270 g/mol. The van der Waals surface area contributed by atoms with Crippen LogP contribution in [0.4, 0.5) is 5.69 Å². The molecule has 0 spiro atoms. The van der Waals surface area contributed by atoms with Gasteiger partial charge in [-0.3, -0.25) is 4.79 Å². The summed E-state index contributed by atoms with van der Waals surface area (Å²) >= 11 is 0. The Morgan fingerprint density at radius 3 is 2.81 bits per heavy atom. The first kappa shape index (κ1) is 12.4. The number of hydrogen-bond donors (Lipinski definition) is 0. The Bertz CT molecular complexity index is 791. The van der Waals surface area contributed by atoms with Crippen molar-refractivity contribution in [2.24, 2.45) is 0 Å². The zero-order chi connectivity index (χ0) is 14.4. The van der Waals surface area contributed by atoms with Crippen molar-refractivity contribution in [2.45, 2.75) is 25.7 Å². The number of nitrogens with zero attached hydrogens (tertiary/aromatic N) is 1. The van der Waals surface area contributed by atoms with Gasteiger partial charge in [0, 0.05) is 29.7 Å². The molecule has 0 fully saturated rings. The molecule has 3 heterocycles. The van der Waals surface area contributed by atoms with Crippen molar-refractivity contribution >= 4 is 23.1 Å². The first-order valence-corrected chi connectivity index (χ1v) is 7.26. The van der Waals surface area contributed by atoms with Crippen LogP contribution in [0.1, 0.15) is 24.0 Å². The molecule has 21 heavy (non-hydrogen) atoms. The average molecular weight is 285 g/mol.